The predicted octanol–water partition coefficient (Wildman–Crippen LogP) is 2.22. The SMILES string of the molecule is CCN(CCCNC1CCCC(C)CC1)S(C)(=O)=O. The van der Waals surface area contributed by atoms with E-state index >= 15 is 0 Å². The molecule has 0 aliphatic heterocycles. The monoisotopic (exact) mass is 290 g/mol. The summed E-state index contributed by atoms with van der Waals surface area (Å²) in [5, 5.41) is 3.59. The normalized spacial score (nSPS) is 25.5. The highest BCUT2D eigenvalue weighted by Crippen LogP contribution is 2.22. The van der Waals surface area contributed by atoms with Crippen LogP contribution in [0.5, 0.6) is 0 Å². The molecule has 0 heterocycles. The number of rotatable bonds is 7. The summed E-state index contributed by atoms with van der Waals surface area (Å²) >= 11 is 0. The number of sulfonamides is 1. The number of hydrogen-bond acceptors (Lipinski definition) is 3. The van der Waals surface area contributed by atoms with E-state index in [2.05, 4.69) is 12.2 Å². The Kier molecular flexibility index (Phi) is 7.32. The van der Waals surface area contributed by atoms with Crippen LogP contribution < -0.4 is 5.32 Å². The van der Waals surface area contributed by atoms with Gasteiger partial charge in [0.15, 0.2) is 0 Å². The molecule has 1 aliphatic carbocycles. The maximum absolute atomic E-state index is 11.4. The van der Waals surface area contributed by atoms with Gasteiger partial charge in [-0.1, -0.05) is 26.7 Å². The van der Waals surface area contributed by atoms with E-state index in [1.807, 2.05) is 6.92 Å². The summed E-state index contributed by atoms with van der Waals surface area (Å²) in [5.41, 5.74) is 0. The van der Waals surface area contributed by atoms with E-state index in [0.29, 0.717) is 19.1 Å². The molecule has 0 aromatic carbocycles. The van der Waals surface area contributed by atoms with Gasteiger partial charge in [-0.15, -0.1) is 0 Å². The van der Waals surface area contributed by atoms with Crippen molar-refractivity contribution in [2.45, 2.75) is 58.4 Å². The van der Waals surface area contributed by atoms with E-state index < -0.39 is 10.0 Å². The summed E-state index contributed by atoms with van der Waals surface area (Å²) in [4.78, 5) is 0. The molecule has 0 aromatic heterocycles. The van der Waals surface area contributed by atoms with Crippen LogP contribution in [0.3, 0.4) is 0 Å². The van der Waals surface area contributed by atoms with E-state index in [4.69, 9.17) is 0 Å². The average molecular weight is 290 g/mol. The summed E-state index contributed by atoms with van der Waals surface area (Å²) < 4.78 is 24.4. The van der Waals surface area contributed by atoms with Crippen molar-refractivity contribution in [1.82, 2.24) is 9.62 Å². The van der Waals surface area contributed by atoms with Gasteiger partial charge in [-0.05, 0) is 38.1 Å². The van der Waals surface area contributed by atoms with Gasteiger partial charge in [0.2, 0.25) is 10.0 Å². The summed E-state index contributed by atoms with van der Waals surface area (Å²) in [6.45, 7) is 6.35. The molecule has 0 amide bonds. The molecule has 0 radical (unpaired) electrons. The Morgan fingerprint density at radius 1 is 1.21 bits per heavy atom. The van der Waals surface area contributed by atoms with Gasteiger partial charge < -0.3 is 5.32 Å². The van der Waals surface area contributed by atoms with Gasteiger partial charge >= 0.3 is 0 Å². The van der Waals surface area contributed by atoms with Crippen LogP contribution in [0.2, 0.25) is 0 Å². The Bertz CT molecular complexity index is 343. The molecule has 2 unspecified atom stereocenters. The van der Waals surface area contributed by atoms with Crippen molar-refractivity contribution in [3.63, 3.8) is 0 Å². The number of nitrogens with zero attached hydrogens (tertiary/aromatic N) is 1. The molecule has 0 bridgehead atoms. The van der Waals surface area contributed by atoms with Crippen LogP contribution in [0.25, 0.3) is 0 Å². The highest BCUT2D eigenvalue weighted by atomic mass is 32.2. The minimum atomic E-state index is -3.03. The van der Waals surface area contributed by atoms with Crippen LogP contribution in [-0.2, 0) is 10.0 Å². The van der Waals surface area contributed by atoms with Crippen molar-refractivity contribution >= 4 is 10.0 Å². The zero-order valence-electron chi connectivity index (χ0n) is 12.7. The van der Waals surface area contributed by atoms with Crippen molar-refractivity contribution in [3.8, 4) is 0 Å². The minimum absolute atomic E-state index is 0.569. The topological polar surface area (TPSA) is 49.4 Å². The molecular weight excluding hydrogens is 260 g/mol. The van der Waals surface area contributed by atoms with E-state index in [1.165, 1.54) is 38.4 Å². The van der Waals surface area contributed by atoms with E-state index in [1.54, 1.807) is 4.31 Å². The van der Waals surface area contributed by atoms with Gasteiger partial charge in [0.05, 0.1) is 6.26 Å². The van der Waals surface area contributed by atoms with Crippen LogP contribution in [0.15, 0.2) is 0 Å². The molecular formula is C14H30N2O2S. The molecule has 0 aromatic rings. The molecule has 1 rings (SSSR count). The van der Waals surface area contributed by atoms with E-state index in [9.17, 15) is 8.42 Å². The summed E-state index contributed by atoms with van der Waals surface area (Å²) in [7, 11) is -3.03. The van der Waals surface area contributed by atoms with Gasteiger partial charge in [-0.25, -0.2) is 12.7 Å². The highest BCUT2D eigenvalue weighted by Gasteiger charge is 2.16. The Morgan fingerprint density at radius 3 is 2.58 bits per heavy atom. The average Bonchev–Trinajstić information content (AvgIpc) is 2.52. The fraction of sp³-hybridized carbons (Fsp3) is 1.00. The fourth-order valence-electron chi connectivity index (χ4n) is 2.81. The third kappa shape index (κ3) is 6.72. The lowest BCUT2D eigenvalue weighted by atomic mass is 10.0. The third-order valence-electron chi connectivity index (χ3n) is 4.10. The summed E-state index contributed by atoms with van der Waals surface area (Å²) in [6.07, 6.45) is 8.73. The molecule has 19 heavy (non-hydrogen) atoms. The smallest absolute Gasteiger partial charge is 0.211 e. The van der Waals surface area contributed by atoms with Crippen molar-refractivity contribution < 1.29 is 8.42 Å². The van der Waals surface area contributed by atoms with Crippen molar-refractivity contribution in [2.24, 2.45) is 5.92 Å². The van der Waals surface area contributed by atoms with Crippen LogP contribution in [0, 0.1) is 5.92 Å². The standard InChI is InChI=1S/C14H30N2O2S/c1-4-16(19(3,17)18)12-6-11-15-14-8-5-7-13(2)9-10-14/h13-15H,4-12H2,1-3H3. The first-order valence-electron chi connectivity index (χ1n) is 7.62. The lowest BCUT2D eigenvalue weighted by molar-refractivity contribution is 0.397. The van der Waals surface area contributed by atoms with Crippen LogP contribution in [0.4, 0.5) is 0 Å². The van der Waals surface area contributed by atoms with Crippen LogP contribution in [-0.4, -0.2) is 44.7 Å². The summed E-state index contributed by atoms with van der Waals surface area (Å²) in [5.74, 6) is 0.868. The molecule has 1 fully saturated rings. The largest absolute Gasteiger partial charge is 0.314 e. The van der Waals surface area contributed by atoms with E-state index in [-0.39, 0.29) is 0 Å². The van der Waals surface area contributed by atoms with Gasteiger partial charge in [-0.2, -0.15) is 0 Å². The first-order valence-corrected chi connectivity index (χ1v) is 9.46. The molecule has 114 valence electrons. The minimum Gasteiger partial charge on any atom is -0.314 e. The van der Waals surface area contributed by atoms with Crippen molar-refractivity contribution in [1.29, 1.82) is 0 Å². The molecule has 2 atom stereocenters. The second kappa shape index (κ2) is 8.22. The van der Waals surface area contributed by atoms with Gasteiger partial charge in [-0.3, -0.25) is 0 Å². The second-order valence-corrected chi connectivity index (χ2v) is 7.86. The quantitative estimate of drug-likeness (QED) is 0.578. The predicted molar refractivity (Wildman–Crippen MR) is 80.7 cm³/mol. The summed E-state index contributed by atoms with van der Waals surface area (Å²) in [6, 6.07) is 0.637. The molecule has 0 spiro atoms. The first-order chi connectivity index (χ1) is 8.93. The highest BCUT2D eigenvalue weighted by molar-refractivity contribution is 7.88. The third-order valence-corrected chi connectivity index (χ3v) is 5.48. The zero-order chi connectivity index (χ0) is 14.3. The second-order valence-electron chi connectivity index (χ2n) is 5.87. The zero-order valence-corrected chi connectivity index (χ0v) is 13.5. The van der Waals surface area contributed by atoms with Gasteiger partial charge in [0.25, 0.3) is 0 Å². The lowest BCUT2D eigenvalue weighted by Gasteiger charge is -2.20. The maximum atomic E-state index is 11.4. The molecule has 5 heteroatoms. The molecule has 1 saturated carbocycles. The van der Waals surface area contributed by atoms with Crippen LogP contribution in [0.1, 0.15) is 52.4 Å². The van der Waals surface area contributed by atoms with Gasteiger partial charge in [0.1, 0.15) is 0 Å². The first kappa shape index (κ1) is 16.9. The molecule has 1 N–H and O–H groups in total. The Balaban J connectivity index is 2.19. The Hall–Kier alpha value is -0.130. The molecule has 1 aliphatic rings. The number of hydrogen-bond donors (Lipinski definition) is 1. The number of nitrogens with one attached hydrogen (secondary N) is 1. The van der Waals surface area contributed by atoms with Crippen molar-refractivity contribution in [2.75, 3.05) is 25.9 Å². The van der Waals surface area contributed by atoms with Crippen LogP contribution >= 0.6 is 0 Å². The molecule has 0 saturated heterocycles. The maximum Gasteiger partial charge on any atom is 0.211 e. The fourth-order valence-corrected chi connectivity index (χ4v) is 3.74. The van der Waals surface area contributed by atoms with Crippen molar-refractivity contribution in [3.05, 3.63) is 0 Å². The van der Waals surface area contributed by atoms with Gasteiger partial charge in [0, 0.05) is 19.1 Å². The molecule has 4 nitrogen and oxygen atoms in total. The Morgan fingerprint density at radius 2 is 1.95 bits per heavy atom. The Labute approximate surface area is 119 Å². The van der Waals surface area contributed by atoms with E-state index in [0.717, 1.165) is 18.9 Å². The lowest BCUT2D eigenvalue weighted by Crippen LogP contribution is -2.34.